The highest BCUT2D eigenvalue weighted by molar-refractivity contribution is 5.85. The monoisotopic (exact) mass is 304 g/mol. The standard InChI is InChI=1S/C17H20N2O.ClH/c1-12-10-13(6-8-19-12)14-4-3-5-16-15(14)7-9-20-17(16)11-18-2;/h3-6,8,10,17-18H,7,9,11H2,1-2H3;1H. The minimum absolute atomic E-state index is 0. The van der Waals surface area contributed by atoms with Crippen LogP contribution in [0.5, 0.6) is 0 Å². The Morgan fingerprint density at radius 1 is 1.33 bits per heavy atom. The summed E-state index contributed by atoms with van der Waals surface area (Å²) in [4.78, 5) is 4.29. The van der Waals surface area contributed by atoms with E-state index in [1.165, 1.54) is 22.3 Å². The highest BCUT2D eigenvalue weighted by Crippen LogP contribution is 2.34. The third kappa shape index (κ3) is 3.26. The molecular weight excluding hydrogens is 284 g/mol. The third-order valence-corrected chi connectivity index (χ3v) is 3.83. The van der Waals surface area contributed by atoms with Crippen molar-refractivity contribution < 1.29 is 4.74 Å². The third-order valence-electron chi connectivity index (χ3n) is 3.83. The van der Waals surface area contributed by atoms with Crippen LogP contribution in [0.1, 0.15) is 22.9 Å². The maximum Gasteiger partial charge on any atom is 0.0952 e. The zero-order valence-electron chi connectivity index (χ0n) is 12.4. The number of aryl methyl sites for hydroxylation is 1. The van der Waals surface area contributed by atoms with Crippen molar-refractivity contribution in [1.82, 2.24) is 10.3 Å². The van der Waals surface area contributed by atoms with E-state index in [0.29, 0.717) is 0 Å². The van der Waals surface area contributed by atoms with E-state index in [4.69, 9.17) is 4.74 Å². The van der Waals surface area contributed by atoms with Crippen LogP contribution in [0.25, 0.3) is 11.1 Å². The minimum atomic E-state index is 0. The minimum Gasteiger partial charge on any atom is -0.372 e. The van der Waals surface area contributed by atoms with E-state index in [-0.39, 0.29) is 18.5 Å². The first-order valence-corrected chi connectivity index (χ1v) is 7.10. The van der Waals surface area contributed by atoms with Crippen LogP contribution in [0.4, 0.5) is 0 Å². The van der Waals surface area contributed by atoms with Crippen molar-refractivity contribution in [2.24, 2.45) is 0 Å². The van der Waals surface area contributed by atoms with Crippen molar-refractivity contribution in [3.05, 3.63) is 53.3 Å². The van der Waals surface area contributed by atoms with Gasteiger partial charge in [0.05, 0.1) is 12.7 Å². The fourth-order valence-electron chi connectivity index (χ4n) is 2.92. The Labute approximate surface area is 132 Å². The Hall–Kier alpha value is -1.42. The molecule has 0 saturated heterocycles. The number of hydrogen-bond donors (Lipinski definition) is 1. The maximum absolute atomic E-state index is 5.88. The Kier molecular flexibility index (Phi) is 5.34. The summed E-state index contributed by atoms with van der Waals surface area (Å²) >= 11 is 0. The van der Waals surface area contributed by atoms with Crippen LogP contribution in [0.3, 0.4) is 0 Å². The van der Waals surface area contributed by atoms with Crippen molar-refractivity contribution in [1.29, 1.82) is 0 Å². The zero-order valence-corrected chi connectivity index (χ0v) is 13.2. The molecule has 3 rings (SSSR count). The van der Waals surface area contributed by atoms with Crippen molar-refractivity contribution in [2.75, 3.05) is 20.2 Å². The second-order valence-corrected chi connectivity index (χ2v) is 5.23. The van der Waals surface area contributed by atoms with Gasteiger partial charge in [0.2, 0.25) is 0 Å². The molecule has 1 N–H and O–H groups in total. The van der Waals surface area contributed by atoms with Gasteiger partial charge in [-0.1, -0.05) is 18.2 Å². The molecule has 4 heteroatoms. The maximum atomic E-state index is 5.88. The second kappa shape index (κ2) is 7.03. The van der Waals surface area contributed by atoms with Crippen LogP contribution in [-0.2, 0) is 11.2 Å². The number of halogens is 1. The Bertz CT molecular complexity index is 615. The first kappa shape index (κ1) is 16.0. The Morgan fingerprint density at radius 3 is 2.95 bits per heavy atom. The Balaban J connectivity index is 0.00000161. The van der Waals surface area contributed by atoms with Gasteiger partial charge in [0, 0.05) is 18.4 Å². The summed E-state index contributed by atoms with van der Waals surface area (Å²) in [5.41, 5.74) is 6.36. The molecule has 0 aliphatic carbocycles. The van der Waals surface area contributed by atoms with Crippen LogP contribution in [0.2, 0.25) is 0 Å². The first-order chi connectivity index (χ1) is 9.79. The number of nitrogens with zero attached hydrogens (tertiary/aromatic N) is 1. The van der Waals surface area contributed by atoms with Gasteiger partial charge >= 0.3 is 0 Å². The molecule has 112 valence electrons. The van der Waals surface area contributed by atoms with Crippen molar-refractivity contribution in [2.45, 2.75) is 19.4 Å². The molecular formula is C17H21ClN2O. The molecule has 1 atom stereocenters. The van der Waals surface area contributed by atoms with E-state index in [0.717, 1.165) is 25.3 Å². The van der Waals surface area contributed by atoms with Gasteiger partial charge in [0.1, 0.15) is 0 Å². The van der Waals surface area contributed by atoms with Crippen LogP contribution < -0.4 is 5.32 Å². The predicted octanol–water partition coefficient (Wildman–Crippen LogP) is 3.31. The molecule has 0 amide bonds. The average molecular weight is 305 g/mol. The van der Waals surface area contributed by atoms with Gasteiger partial charge in [0.15, 0.2) is 0 Å². The molecule has 1 aromatic heterocycles. The molecule has 21 heavy (non-hydrogen) atoms. The summed E-state index contributed by atoms with van der Waals surface area (Å²) in [7, 11) is 1.97. The number of rotatable bonds is 3. The summed E-state index contributed by atoms with van der Waals surface area (Å²) in [6, 6.07) is 10.8. The molecule has 0 saturated carbocycles. The molecule has 2 aromatic rings. The predicted molar refractivity (Wildman–Crippen MR) is 88.0 cm³/mol. The lowest BCUT2D eigenvalue weighted by Gasteiger charge is -2.28. The molecule has 0 radical (unpaired) electrons. The highest BCUT2D eigenvalue weighted by Gasteiger charge is 2.22. The van der Waals surface area contributed by atoms with Crippen LogP contribution in [0, 0.1) is 6.92 Å². The molecule has 1 unspecified atom stereocenters. The number of nitrogens with one attached hydrogen (secondary N) is 1. The lowest BCUT2D eigenvalue weighted by atomic mass is 9.89. The first-order valence-electron chi connectivity index (χ1n) is 7.10. The van der Waals surface area contributed by atoms with Crippen molar-refractivity contribution >= 4 is 12.4 Å². The van der Waals surface area contributed by atoms with Crippen LogP contribution in [0.15, 0.2) is 36.5 Å². The van der Waals surface area contributed by atoms with E-state index in [1.807, 2.05) is 20.2 Å². The number of likely N-dealkylation sites (N-methyl/N-ethyl adjacent to an activating group) is 1. The van der Waals surface area contributed by atoms with Crippen LogP contribution in [-0.4, -0.2) is 25.2 Å². The number of benzene rings is 1. The SMILES string of the molecule is CNCC1OCCc2c(-c3ccnc(C)c3)cccc21.Cl. The second-order valence-electron chi connectivity index (χ2n) is 5.23. The number of ether oxygens (including phenoxy) is 1. The van der Waals surface area contributed by atoms with E-state index < -0.39 is 0 Å². The van der Waals surface area contributed by atoms with E-state index in [2.05, 4.69) is 40.6 Å². The fraction of sp³-hybridized carbons (Fsp3) is 0.353. The molecule has 0 spiro atoms. The van der Waals surface area contributed by atoms with E-state index in [9.17, 15) is 0 Å². The molecule has 3 nitrogen and oxygen atoms in total. The van der Waals surface area contributed by atoms with Gasteiger partial charge in [-0.05, 0) is 54.8 Å². The van der Waals surface area contributed by atoms with E-state index >= 15 is 0 Å². The molecule has 0 fully saturated rings. The number of hydrogen-bond acceptors (Lipinski definition) is 3. The molecule has 1 aliphatic rings. The smallest absolute Gasteiger partial charge is 0.0952 e. The van der Waals surface area contributed by atoms with Crippen molar-refractivity contribution in [3.63, 3.8) is 0 Å². The average Bonchev–Trinajstić information content (AvgIpc) is 2.47. The molecule has 1 aliphatic heterocycles. The summed E-state index contributed by atoms with van der Waals surface area (Å²) < 4.78 is 5.88. The topological polar surface area (TPSA) is 34.1 Å². The van der Waals surface area contributed by atoms with Gasteiger partial charge in [0.25, 0.3) is 0 Å². The number of aromatic nitrogens is 1. The number of fused-ring (bicyclic) bond motifs is 1. The molecule has 0 bridgehead atoms. The van der Waals surface area contributed by atoms with Gasteiger partial charge in [-0.3, -0.25) is 4.98 Å². The summed E-state index contributed by atoms with van der Waals surface area (Å²) in [5, 5.41) is 3.21. The highest BCUT2D eigenvalue weighted by atomic mass is 35.5. The molecule has 1 aromatic carbocycles. The lowest BCUT2D eigenvalue weighted by Crippen LogP contribution is -2.25. The lowest BCUT2D eigenvalue weighted by molar-refractivity contribution is 0.0440. The summed E-state index contributed by atoms with van der Waals surface area (Å²) in [6.07, 6.45) is 3.02. The largest absolute Gasteiger partial charge is 0.372 e. The fourth-order valence-corrected chi connectivity index (χ4v) is 2.92. The normalized spacial score (nSPS) is 17.0. The Morgan fingerprint density at radius 2 is 2.19 bits per heavy atom. The van der Waals surface area contributed by atoms with Gasteiger partial charge in [-0.25, -0.2) is 0 Å². The van der Waals surface area contributed by atoms with Crippen molar-refractivity contribution in [3.8, 4) is 11.1 Å². The van der Waals surface area contributed by atoms with Crippen LogP contribution >= 0.6 is 12.4 Å². The van der Waals surface area contributed by atoms with Gasteiger partial charge < -0.3 is 10.1 Å². The summed E-state index contributed by atoms with van der Waals surface area (Å²) in [5.74, 6) is 0. The number of pyridine rings is 1. The summed E-state index contributed by atoms with van der Waals surface area (Å²) in [6.45, 7) is 3.68. The van der Waals surface area contributed by atoms with E-state index in [1.54, 1.807) is 0 Å². The molecule has 2 heterocycles. The quantitative estimate of drug-likeness (QED) is 0.944. The van der Waals surface area contributed by atoms with Gasteiger partial charge in [-0.15, -0.1) is 12.4 Å². The van der Waals surface area contributed by atoms with Gasteiger partial charge in [-0.2, -0.15) is 0 Å². The zero-order chi connectivity index (χ0) is 13.9.